The Bertz CT molecular complexity index is 305. The lowest BCUT2D eigenvalue weighted by atomic mass is 9.99. The van der Waals surface area contributed by atoms with Crippen molar-refractivity contribution in [2.75, 3.05) is 0 Å². The number of nitrogens with two attached hydrogens (primary N) is 1. The summed E-state index contributed by atoms with van der Waals surface area (Å²) in [7, 11) is 0. The van der Waals surface area contributed by atoms with E-state index in [0.29, 0.717) is 6.04 Å². The second kappa shape index (κ2) is 2.82. The minimum Gasteiger partial charge on any atom is -0.327 e. The Labute approximate surface area is 83.0 Å². The van der Waals surface area contributed by atoms with Gasteiger partial charge >= 0.3 is 0 Å². The Balaban J connectivity index is 1.91. The molecule has 1 aromatic heterocycles. The van der Waals surface area contributed by atoms with Crippen LogP contribution in [0.2, 0.25) is 0 Å². The van der Waals surface area contributed by atoms with Gasteiger partial charge in [0.25, 0.3) is 0 Å². The third kappa shape index (κ3) is 1.32. The number of hydrogen-bond donors (Lipinski definition) is 1. The van der Waals surface area contributed by atoms with E-state index in [4.69, 9.17) is 5.73 Å². The van der Waals surface area contributed by atoms with Gasteiger partial charge in [0, 0.05) is 21.7 Å². The highest BCUT2D eigenvalue weighted by atomic mass is 32.1. The van der Waals surface area contributed by atoms with Crippen molar-refractivity contribution in [2.24, 2.45) is 5.73 Å². The first-order valence-electron chi connectivity index (χ1n) is 5.21. The van der Waals surface area contributed by atoms with E-state index in [2.05, 4.69) is 6.07 Å². The molecule has 1 heterocycles. The molecule has 0 radical (unpaired) electrons. The second-order valence-electron chi connectivity index (χ2n) is 4.31. The monoisotopic (exact) mass is 193 g/mol. The Morgan fingerprint density at radius 2 is 2.08 bits per heavy atom. The highest BCUT2D eigenvalue weighted by Crippen LogP contribution is 2.44. The smallest absolute Gasteiger partial charge is 0.0123 e. The molecule has 0 aliphatic heterocycles. The van der Waals surface area contributed by atoms with E-state index in [-0.39, 0.29) is 0 Å². The van der Waals surface area contributed by atoms with E-state index in [0.717, 1.165) is 5.92 Å². The summed E-state index contributed by atoms with van der Waals surface area (Å²) in [5.41, 5.74) is 7.49. The van der Waals surface area contributed by atoms with E-state index in [1.807, 2.05) is 11.3 Å². The molecule has 1 nitrogen and oxygen atoms in total. The Morgan fingerprint density at radius 1 is 1.31 bits per heavy atom. The van der Waals surface area contributed by atoms with Gasteiger partial charge in [-0.15, -0.1) is 11.3 Å². The zero-order chi connectivity index (χ0) is 8.84. The molecule has 0 aromatic carbocycles. The first-order chi connectivity index (χ1) is 6.34. The van der Waals surface area contributed by atoms with E-state index in [1.54, 1.807) is 15.3 Å². The van der Waals surface area contributed by atoms with Crippen molar-refractivity contribution < 1.29 is 0 Å². The molecule has 1 aromatic rings. The van der Waals surface area contributed by atoms with Crippen molar-refractivity contribution >= 4 is 11.3 Å². The molecular weight excluding hydrogens is 178 g/mol. The van der Waals surface area contributed by atoms with Crippen molar-refractivity contribution in [2.45, 2.75) is 44.1 Å². The molecule has 1 fully saturated rings. The topological polar surface area (TPSA) is 26.0 Å². The van der Waals surface area contributed by atoms with Gasteiger partial charge in [-0.1, -0.05) is 0 Å². The normalized spacial score (nSPS) is 31.5. The summed E-state index contributed by atoms with van der Waals surface area (Å²) >= 11 is 2.03. The van der Waals surface area contributed by atoms with Crippen LogP contribution in [0.1, 0.15) is 40.5 Å². The van der Waals surface area contributed by atoms with Crippen molar-refractivity contribution in [1.82, 2.24) is 0 Å². The standard InChI is InChI=1S/C11H15NS/c12-9-6-8(9)11-5-7-3-1-2-4-10(7)13-11/h5,8-9H,1-4,6,12H2/t8-,9-/m1/s1. The fourth-order valence-electron chi connectivity index (χ4n) is 2.24. The van der Waals surface area contributed by atoms with E-state index < -0.39 is 0 Å². The SMILES string of the molecule is N[C@@H]1C[C@H]1c1cc2c(s1)CCCC2. The molecule has 0 amide bonds. The van der Waals surface area contributed by atoms with Crippen molar-refractivity contribution in [3.05, 3.63) is 21.4 Å². The third-order valence-electron chi connectivity index (χ3n) is 3.22. The summed E-state index contributed by atoms with van der Waals surface area (Å²) in [5, 5.41) is 0. The maximum absolute atomic E-state index is 5.86. The maximum Gasteiger partial charge on any atom is 0.0123 e. The summed E-state index contributed by atoms with van der Waals surface area (Å²) in [6.07, 6.45) is 6.64. The lowest BCUT2D eigenvalue weighted by Gasteiger charge is -2.08. The zero-order valence-corrected chi connectivity index (χ0v) is 8.57. The van der Waals surface area contributed by atoms with Crippen LogP contribution in [-0.2, 0) is 12.8 Å². The molecule has 0 bridgehead atoms. The molecule has 0 spiro atoms. The van der Waals surface area contributed by atoms with Gasteiger partial charge in [0.05, 0.1) is 0 Å². The summed E-state index contributed by atoms with van der Waals surface area (Å²) in [5.74, 6) is 0.718. The molecule has 2 aliphatic carbocycles. The van der Waals surface area contributed by atoms with Crippen molar-refractivity contribution in [3.63, 3.8) is 0 Å². The second-order valence-corrected chi connectivity index (χ2v) is 5.48. The summed E-state index contributed by atoms with van der Waals surface area (Å²) in [6.45, 7) is 0. The van der Waals surface area contributed by atoms with Gasteiger partial charge in [0.15, 0.2) is 0 Å². The van der Waals surface area contributed by atoms with Gasteiger partial charge in [-0.05, 0) is 43.7 Å². The average molecular weight is 193 g/mol. The van der Waals surface area contributed by atoms with Crippen LogP contribution in [0.4, 0.5) is 0 Å². The predicted molar refractivity (Wildman–Crippen MR) is 56.3 cm³/mol. The lowest BCUT2D eigenvalue weighted by Crippen LogP contribution is -1.99. The predicted octanol–water partition coefficient (Wildman–Crippen LogP) is 2.44. The van der Waals surface area contributed by atoms with Crippen LogP contribution in [-0.4, -0.2) is 6.04 Å². The Hall–Kier alpha value is -0.340. The Kier molecular flexibility index (Phi) is 1.74. The largest absolute Gasteiger partial charge is 0.327 e. The third-order valence-corrected chi connectivity index (χ3v) is 4.59. The summed E-state index contributed by atoms with van der Waals surface area (Å²) in [4.78, 5) is 3.22. The Morgan fingerprint density at radius 3 is 2.77 bits per heavy atom. The number of thiophene rings is 1. The average Bonchev–Trinajstić information content (AvgIpc) is 2.74. The van der Waals surface area contributed by atoms with E-state index in [9.17, 15) is 0 Å². The molecule has 2 N–H and O–H groups in total. The number of fused-ring (bicyclic) bond motifs is 1. The first-order valence-corrected chi connectivity index (χ1v) is 6.03. The molecule has 2 aliphatic rings. The van der Waals surface area contributed by atoms with Gasteiger partial charge in [-0.2, -0.15) is 0 Å². The van der Waals surface area contributed by atoms with Gasteiger partial charge in [-0.3, -0.25) is 0 Å². The van der Waals surface area contributed by atoms with Crippen LogP contribution < -0.4 is 5.73 Å². The maximum atomic E-state index is 5.86. The van der Waals surface area contributed by atoms with Gasteiger partial charge in [0.1, 0.15) is 0 Å². The van der Waals surface area contributed by atoms with Gasteiger partial charge in [0.2, 0.25) is 0 Å². The van der Waals surface area contributed by atoms with Crippen LogP contribution >= 0.6 is 11.3 Å². The van der Waals surface area contributed by atoms with Crippen molar-refractivity contribution in [3.8, 4) is 0 Å². The van der Waals surface area contributed by atoms with E-state index in [1.165, 1.54) is 32.1 Å². The summed E-state index contributed by atoms with van der Waals surface area (Å²) in [6, 6.07) is 2.90. The molecule has 1 saturated carbocycles. The van der Waals surface area contributed by atoms with E-state index >= 15 is 0 Å². The molecule has 70 valence electrons. The fourth-order valence-corrected chi connectivity index (χ4v) is 3.68. The number of hydrogen-bond acceptors (Lipinski definition) is 2. The molecule has 0 unspecified atom stereocenters. The molecule has 2 heteroatoms. The highest BCUT2D eigenvalue weighted by molar-refractivity contribution is 7.12. The summed E-state index contributed by atoms with van der Waals surface area (Å²) < 4.78 is 0. The molecule has 3 rings (SSSR count). The quantitative estimate of drug-likeness (QED) is 0.728. The fraction of sp³-hybridized carbons (Fsp3) is 0.636. The molecular formula is C11H15NS. The zero-order valence-electron chi connectivity index (χ0n) is 7.75. The van der Waals surface area contributed by atoms with Crippen LogP contribution in [0.15, 0.2) is 6.07 Å². The molecule has 2 atom stereocenters. The van der Waals surface area contributed by atoms with Crippen LogP contribution in [0.3, 0.4) is 0 Å². The minimum atomic E-state index is 0.472. The molecule has 0 saturated heterocycles. The minimum absolute atomic E-state index is 0.472. The lowest BCUT2D eigenvalue weighted by molar-refractivity contribution is 0.697. The molecule has 13 heavy (non-hydrogen) atoms. The first kappa shape index (κ1) is 8.01. The van der Waals surface area contributed by atoms with Crippen LogP contribution in [0.25, 0.3) is 0 Å². The van der Waals surface area contributed by atoms with Crippen molar-refractivity contribution in [1.29, 1.82) is 0 Å². The van der Waals surface area contributed by atoms with Gasteiger partial charge in [-0.25, -0.2) is 0 Å². The van der Waals surface area contributed by atoms with Crippen LogP contribution in [0.5, 0.6) is 0 Å². The number of aryl methyl sites for hydroxylation is 2. The number of rotatable bonds is 1. The van der Waals surface area contributed by atoms with Crippen LogP contribution in [0, 0.1) is 0 Å². The highest BCUT2D eigenvalue weighted by Gasteiger charge is 2.36. The van der Waals surface area contributed by atoms with Gasteiger partial charge < -0.3 is 5.73 Å².